The van der Waals surface area contributed by atoms with Crippen LogP contribution in [-0.2, 0) is 9.84 Å². The van der Waals surface area contributed by atoms with Gasteiger partial charge in [0.05, 0.1) is 17.2 Å². The lowest BCUT2D eigenvalue weighted by molar-refractivity contribution is 0.0925. The number of hydrogen-bond donors (Lipinski definition) is 0. The number of carbonyl (C=O) groups excluding carboxylic acids is 1. The summed E-state index contributed by atoms with van der Waals surface area (Å²) in [6, 6.07) is 0. The summed E-state index contributed by atoms with van der Waals surface area (Å²) >= 11 is 1.50. The molecular formula is C13H19N2O2SSi. The zero-order valence-electron chi connectivity index (χ0n) is 12.0. The van der Waals surface area contributed by atoms with Crippen molar-refractivity contribution in [3.05, 3.63) is 23.1 Å². The van der Waals surface area contributed by atoms with Crippen LogP contribution in [0.5, 0.6) is 0 Å². The molecule has 0 N–H and O–H groups in total. The molecule has 0 atom stereocenters. The maximum absolute atomic E-state index is 12.0. The Morgan fingerprint density at radius 1 is 1.47 bits per heavy atom. The Morgan fingerprint density at radius 2 is 2.16 bits per heavy atom. The average molecular weight is 295 g/mol. The number of Topliss-reactive ketones (excluding diaryl/α,β-unsaturated/α-hetero) is 1. The van der Waals surface area contributed by atoms with Gasteiger partial charge in [-0.15, -0.1) is 11.3 Å². The van der Waals surface area contributed by atoms with Gasteiger partial charge in [0.25, 0.3) is 0 Å². The predicted molar refractivity (Wildman–Crippen MR) is 79.5 cm³/mol. The quantitative estimate of drug-likeness (QED) is 0.643. The van der Waals surface area contributed by atoms with Gasteiger partial charge in [-0.1, -0.05) is 20.8 Å². The molecule has 2 rings (SSSR count). The highest BCUT2D eigenvalue weighted by Crippen LogP contribution is 2.30. The molecule has 6 heteroatoms. The first-order valence-electron chi connectivity index (χ1n) is 6.22. The van der Waals surface area contributed by atoms with E-state index < -0.39 is 9.04 Å². The molecule has 2 aromatic rings. The highest BCUT2D eigenvalue weighted by atomic mass is 32.1. The highest BCUT2D eigenvalue weighted by molar-refractivity contribution is 7.19. The number of rotatable bonds is 4. The lowest BCUT2D eigenvalue weighted by Crippen LogP contribution is -2.15. The number of aromatic nitrogens is 2. The molecule has 0 aliphatic carbocycles. The molecule has 0 saturated carbocycles. The minimum atomic E-state index is -0.820. The molecule has 0 unspecified atom stereocenters. The first-order valence-corrected chi connectivity index (χ1v) is 9.44. The van der Waals surface area contributed by atoms with Crippen LogP contribution in [0.15, 0.2) is 12.5 Å². The maximum atomic E-state index is 12.0. The Bertz CT molecular complexity index is 595. The fourth-order valence-electron chi connectivity index (χ4n) is 1.72. The van der Waals surface area contributed by atoms with Gasteiger partial charge >= 0.3 is 0 Å². The molecule has 0 aromatic carbocycles. The van der Waals surface area contributed by atoms with Crippen molar-refractivity contribution in [2.24, 2.45) is 0 Å². The van der Waals surface area contributed by atoms with Gasteiger partial charge in [0.1, 0.15) is 11.2 Å². The normalized spacial score (nSPS) is 12.5. The number of thiazole rings is 1. The van der Waals surface area contributed by atoms with E-state index >= 15 is 0 Å². The second kappa shape index (κ2) is 5.18. The van der Waals surface area contributed by atoms with Crippen LogP contribution in [0.2, 0.25) is 13.1 Å². The number of nitrogens with zero attached hydrogens (tertiary/aromatic N) is 2. The van der Waals surface area contributed by atoms with Crippen molar-refractivity contribution in [3.63, 3.8) is 0 Å². The molecule has 2 heterocycles. The fourth-order valence-corrected chi connectivity index (χ4v) is 3.35. The third-order valence-corrected chi connectivity index (χ3v) is 4.56. The molecule has 2 aromatic heterocycles. The third-order valence-electron chi connectivity index (χ3n) is 2.69. The number of imidazole rings is 1. The van der Waals surface area contributed by atoms with Crippen LogP contribution in [0.4, 0.5) is 0 Å². The van der Waals surface area contributed by atoms with Crippen LogP contribution in [0.1, 0.15) is 36.1 Å². The maximum Gasteiger partial charge on any atom is 0.205 e. The summed E-state index contributed by atoms with van der Waals surface area (Å²) in [6.07, 6.45) is 3.63. The Balaban J connectivity index is 2.27. The Kier molecular flexibility index (Phi) is 3.94. The van der Waals surface area contributed by atoms with Crippen LogP contribution in [-0.4, -0.2) is 30.8 Å². The van der Waals surface area contributed by atoms with Crippen molar-refractivity contribution in [2.45, 2.75) is 39.3 Å². The average Bonchev–Trinajstić information content (AvgIpc) is 2.82. The molecule has 0 aliphatic rings. The van der Waals surface area contributed by atoms with E-state index in [4.69, 9.17) is 4.43 Å². The molecule has 4 nitrogen and oxygen atoms in total. The van der Waals surface area contributed by atoms with Crippen molar-refractivity contribution >= 4 is 31.0 Å². The van der Waals surface area contributed by atoms with E-state index in [1.165, 1.54) is 11.3 Å². The van der Waals surface area contributed by atoms with Crippen LogP contribution in [0, 0.1) is 0 Å². The van der Waals surface area contributed by atoms with Crippen molar-refractivity contribution in [2.75, 3.05) is 6.61 Å². The summed E-state index contributed by atoms with van der Waals surface area (Å²) in [7, 11) is -0.820. The van der Waals surface area contributed by atoms with E-state index in [1.807, 2.05) is 23.7 Å². The van der Waals surface area contributed by atoms with Gasteiger partial charge in [-0.2, -0.15) is 0 Å². The van der Waals surface area contributed by atoms with E-state index in [0.717, 1.165) is 15.4 Å². The molecule has 0 fully saturated rings. The summed E-state index contributed by atoms with van der Waals surface area (Å²) in [5, 5.41) is 0. The van der Waals surface area contributed by atoms with Crippen molar-refractivity contribution in [1.29, 1.82) is 0 Å². The molecule has 0 saturated heterocycles. The van der Waals surface area contributed by atoms with E-state index in [-0.39, 0.29) is 17.8 Å². The SMILES string of the molecule is C[Si](C)OCC(=O)c1cn2cnc(C(C)(C)C)c2s1. The van der Waals surface area contributed by atoms with Crippen LogP contribution >= 0.6 is 11.3 Å². The van der Waals surface area contributed by atoms with Crippen LogP contribution in [0.25, 0.3) is 4.83 Å². The molecule has 103 valence electrons. The summed E-state index contributed by atoms with van der Waals surface area (Å²) in [5.41, 5.74) is 1.02. The zero-order valence-corrected chi connectivity index (χ0v) is 13.8. The van der Waals surface area contributed by atoms with E-state index in [2.05, 4.69) is 25.8 Å². The van der Waals surface area contributed by atoms with Gasteiger partial charge in [-0.25, -0.2) is 4.98 Å². The molecule has 1 radical (unpaired) electrons. The summed E-state index contributed by atoms with van der Waals surface area (Å²) in [4.78, 5) is 18.3. The van der Waals surface area contributed by atoms with E-state index in [9.17, 15) is 4.79 Å². The first-order chi connectivity index (χ1) is 8.79. The molecule has 0 bridgehead atoms. The molecule has 19 heavy (non-hydrogen) atoms. The smallest absolute Gasteiger partial charge is 0.205 e. The van der Waals surface area contributed by atoms with E-state index in [1.54, 1.807) is 6.33 Å². The lowest BCUT2D eigenvalue weighted by Gasteiger charge is -2.14. The third kappa shape index (κ3) is 3.13. The number of hydrogen-bond acceptors (Lipinski definition) is 4. The zero-order chi connectivity index (χ0) is 14.2. The van der Waals surface area contributed by atoms with Crippen molar-refractivity contribution in [3.8, 4) is 0 Å². The van der Waals surface area contributed by atoms with Crippen molar-refractivity contribution in [1.82, 2.24) is 9.38 Å². The second-order valence-electron chi connectivity index (χ2n) is 5.77. The summed E-state index contributed by atoms with van der Waals surface area (Å²) in [5.74, 6) is 0.0553. The van der Waals surface area contributed by atoms with Gasteiger partial charge in [0.2, 0.25) is 9.04 Å². The number of carbonyl (C=O) groups is 1. The standard InChI is InChI=1S/C13H19N2O2SSi/c1-13(2,3)11-12-15(8-14-11)6-10(18-12)9(16)7-17-19(4)5/h6,8H,7H2,1-5H3. The first kappa shape index (κ1) is 14.4. The fraction of sp³-hybridized carbons (Fsp3) is 0.538. The Hall–Kier alpha value is -0.983. The molecular weight excluding hydrogens is 276 g/mol. The second-order valence-corrected chi connectivity index (χ2v) is 8.91. The van der Waals surface area contributed by atoms with Crippen LogP contribution in [0.3, 0.4) is 0 Å². The van der Waals surface area contributed by atoms with Crippen molar-refractivity contribution < 1.29 is 9.22 Å². The molecule has 0 amide bonds. The van der Waals surface area contributed by atoms with Gasteiger partial charge in [-0.3, -0.25) is 9.20 Å². The molecule has 0 aliphatic heterocycles. The Labute approximate surface area is 119 Å². The van der Waals surface area contributed by atoms with Gasteiger partial charge < -0.3 is 4.43 Å². The molecule has 0 spiro atoms. The minimum Gasteiger partial charge on any atom is -0.409 e. The summed E-state index contributed by atoms with van der Waals surface area (Å²) < 4.78 is 7.39. The monoisotopic (exact) mass is 295 g/mol. The topological polar surface area (TPSA) is 43.6 Å². The number of fused-ring (bicyclic) bond motifs is 1. The highest BCUT2D eigenvalue weighted by Gasteiger charge is 2.22. The minimum absolute atomic E-state index is 0.0145. The van der Waals surface area contributed by atoms with Gasteiger partial charge in [0.15, 0.2) is 5.78 Å². The van der Waals surface area contributed by atoms with Gasteiger partial charge in [0, 0.05) is 11.6 Å². The van der Waals surface area contributed by atoms with Crippen LogP contribution < -0.4 is 0 Å². The van der Waals surface area contributed by atoms with Gasteiger partial charge in [-0.05, 0) is 13.1 Å². The Morgan fingerprint density at radius 3 is 2.74 bits per heavy atom. The number of ketones is 1. The summed E-state index contributed by atoms with van der Waals surface area (Å²) in [6.45, 7) is 10.6. The predicted octanol–water partition coefficient (Wildman–Crippen LogP) is 3.14. The largest absolute Gasteiger partial charge is 0.409 e. The lowest BCUT2D eigenvalue weighted by atomic mass is 9.93. The van der Waals surface area contributed by atoms with E-state index in [0.29, 0.717) is 0 Å².